The number of anilines is 1. The summed E-state index contributed by atoms with van der Waals surface area (Å²) in [5.74, 6) is 0.492. The van der Waals surface area contributed by atoms with E-state index < -0.39 is 0 Å². The quantitative estimate of drug-likeness (QED) is 0.145. The van der Waals surface area contributed by atoms with Crippen molar-refractivity contribution in [2.75, 3.05) is 18.8 Å². The molecule has 0 radical (unpaired) electrons. The van der Waals surface area contributed by atoms with E-state index in [0.29, 0.717) is 11.3 Å². The minimum atomic E-state index is -0.255. The van der Waals surface area contributed by atoms with Crippen LogP contribution in [0.3, 0.4) is 0 Å². The molecule has 0 spiro atoms. The van der Waals surface area contributed by atoms with Gasteiger partial charge in [0.05, 0.1) is 5.36 Å². The third-order valence-corrected chi connectivity index (χ3v) is 6.27. The molecule has 4 rings (SSSR count). The van der Waals surface area contributed by atoms with Gasteiger partial charge < -0.3 is 15.9 Å². The second kappa shape index (κ2) is 11.8. The Morgan fingerprint density at radius 2 is 1.47 bits per heavy atom. The van der Waals surface area contributed by atoms with Gasteiger partial charge in [0.15, 0.2) is 0 Å². The fourth-order valence-electron chi connectivity index (χ4n) is 4.45. The van der Waals surface area contributed by atoms with Crippen LogP contribution in [0, 0.1) is 5.82 Å². The highest BCUT2D eigenvalue weighted by Gasteiger charge is 2.17. The molecular formula is C29H34FN3O. The van der Waals surface area contributed by atoms with Crippen molar-refractivity contribution in [3.8, 4) is 22.5 Å². The van der Waals surface area contributed by atoms with Crippen molar-refractivity contribution in [1.82, 2.24) is 0 Å². The summed E-state index contributed by atoms with van der Waals surface area (Å²) in [6.07, 6.45) is 9.85. The van der Waals surface area contributed by atoms with E-state index in [1.807, 2.05) is 36.4 Å². The van der Waals surface area contributed by atoms with Crippen LogP contribution in [0.25, 0.3) is 33.4 Å². The van der Waals surface area contributed by atoms with Crippen molar-refractivity contribution in [3.05, 3.63) is 71.8 Å². The van der Waals surface area contributed by atoms with Gasteiger partial charge in [0.1, 0.15) is 17.2 Å². The standard InChI is InChI=1S/C29H34FN3O/c30-22-11-9-21(10-12-22)29-25-15-13-23(32)19-27(25)34-28-20-24(14-16-26(28)29)33-18-8-6-4-2-1-3-5-7-17-31/h9-16,19-20H,1-8,17-18,31-32H2. The van der Waals surface area contributed by atoms with E-state index in [-0.39, 0.29) is 5.82 Å². The Kier molecular flexibility index (Phi) is 8.31. The minimum absolute atomic E-state index is 0.255. The number of rotatable bonds is 11. The van der Waals surface area contributed by atoms with Crippen molar-refractivity contribution in [2.24, 2.45) is 10.7 Å². The lowest BCUT2D eigenvalue weighted by atomic mass is 9.93. The number of nitrogens with zero attached hydrogens (tertiary/aromatic N) is 1. The molecule has 0 saturated heterocycles. The molecule has 2 aromatic rings. The molecule has 1 aliphatic heterocycles. The van der Waals surface area contributed by atoms with Crippen LogP contribution in [0.4, 0.5) is 10.1 Å². The molecule has 4 N–H and O–H groups in total. The van der Waals surface area contributed by atoms with Gasteiger partial charge in [-0.05, 0) is 61.3 Å². The maximum Gasteiger partial charge on any atom is 0.137 e. The predicted octanol–water partition coefficient (Wildman–Crippen LogP) is 6.91. The summed E-state index contributed by atoms with van der Waals surface area (Å²) in [6, 6.07) is 18.3. The molecule has 34 heavy (non-hydrogen) atoms. The summed E-state index contributed by atoms with van der Waals surface area (Å²) in [6.45, 7) is 1.62. The number of hydrogen-bond acceptors (Lipinski definition) is 4. The molecular weight excluding hydrogens is 425 g/mol. The van der Waals surface area contributed by atoms with Crippen LogP contribution >= 0.6 is 0 Å². The fourth-order valence-corrected chi connectivity index (χ4v) is 4.45. The Hall–Kier alpha value is -3.18. The molecule has 0 fully saturated rings. The molecule has 0 saturated carbocycles. The van der Waals surface area contributed by atoms with E-state index in [2.05, 4.69) is 0 Å². The normalized spacial score (nSPS) is 12.1. The molecule has 1 heterocycles. The van der Waals surface area contributed by atoms with Gasteiger partial charge in [-0.15, -0.1) is 0 Å². The van der Waals surface area contributed by atoms with E-state index in [0.717, 1.165) is 59.1 Å². The predicted molar refractivity (Wildman–Crippen MR) is 139 cm³/mol. The van der Waals surface area contributed by atoms with Crippen LogP contribution in [0.5, 0.6) is 0 Å². The lowest BCUT2D eigenvalue weighted by Gasteiger charge is -2.15. The number of unbranched alkanes of at least 4 members (excludes halogenated alkanes) is 7. The summed E-state index contributed by atoms with van der Waals surface area (Å²) in [4.78, 5) is 4.78. The Morgan fingerprint density at radius 1 is 0.765 bits per heavy atom. The van der Waals surface area contributed by atoms with E-state index in [9.17, 15) is 4.39 Å². The number of nitrogen functional groups attached to an aromatic ring is 1. The smallest absolute Gasteiger partial charge is 0.137 e. The minimum Gasteiger partial charge on any atom is -0.456 e. The molecule has 4 nitrogen and oxygen atoms in total. The van der Waals surface area contributed by atoms with Gasteiger partial charge in [-0.25, -0.2) is 4.39 Å². The van der Waals surface area contributed by atoms with Gasteiger partial charge in [-0.1, -0.05) is 50.7 Å². The lowest BCUT2D eigenvalue weighted by molar-refractivity contribution is 0.571. The number of fused-ring (bicyclic) bond motifs is 2. The van der Waals surface area contributed by atoms with Crippen molar-refractivity contribution < 1.29 is 8.81 Å². The summed E-state index contributed by atoms with van der Waals surface area (Å²) in [5.41, 5.74) is 15.8. The maximum atomic E-state index is 13.6. The first-order valence-electron chi connectivity index (χ1n) is 12.4. The van der Waals surface area contributed by atoms with Crippen LogP contribution in [-0.2, 0) is 0 Å². The highest BCUT2D eigenvalue weighted by atomic mass is 19.1. The Morgan fingerprint density at radius 3 is 2.21 bits per heavy atom. The number of nitrogens with two attached hydrogens (primary N) is 2. The molecule has 0 bridgehead atoms. The second-order valence-electron chi connectivity index (χ2n) is 8.92. The first kappa shape index (κ1) is 24.0. The van der Waals surface area contributed by atoms with Gasteiger partial charge in [-0.3, -0.25) is 4.99 Å². The second-order valence-corrected chi connectivity index (χ2v) is 8.92. The third kappa shape index (κ3) is 6.03. The van der Waals surface area contributed by atoms with Crippen LogP contribution in [0.15, 0.2) is 70.1 Å². The van der Waals surface area contributed by atoms with E-state index in [1.54, 1.807) is 12.1 Å². The zero-order valence-corrected chi connectivity index (χ0v) is 19.7. The Labute approximate surface area is 200 Å². The van der Waals surface area contributed by atoms with Gasteiger partial charge in [0.2, 0.25) is 0 Å². The maximum absolute atomic E-state index is 13.6. The van der Waals surface area contributed by atoms with Gasteiger partial charge >= 0.3 is 0 Å². The van der Waals surface area contributed by atoms with E-state index in [4.69, 9.17) is 20.9 Å². The molecule has 0 atom stereocenters. The van der Waals surface area contributed by atoms with Crippen molar-refractivity contribution in [3.63, 3.8) is 0 Å². The summed E-state index contributed by atoms with van der Waals surface area (Å²) >= 11 is 0. The molecule has 5 heteroatoms. The molecule has 0 amide bonds. The zero-order chi connectivity index (χ0) is 23.8. The molecule has 2 aromatic carbocycles. The molecule has 0 aromatic heterocycles. The number of halogens is 1. The number of hydrogen-bond donors (Lipinski definition) is 2. The van der Waals surface area contributed by atoms with E-state index in [1.165, 1.54) is 50.7 Å². The molecule has 1 aliphatic carbocycles. The summed E-state index contributed by atoms with van der Waals surface area (Å²) in [7, 11) is 0. The van der Waals surface area contributed by atoms with Gasteiger partial charge in [0.25, 0.3) is 0 Å². The lowest BCUT2D eigenvalue weighted by Crippen LogP contribution is -2.04. The van der Waals surface area contributed by atoms with E-state index >= 15 is 0 Å². The van der Waals surface area contributed by atoms with Crippen molar-refractivity contribution in [2.45, 2.75) is 51.4 Å². The SMILES string of the molecule is NCCCCCCCCCCN=c1ccc2c(-c3ccc(F)cc3)c3ccc(N)cc3oc-2c1. The largest absolute Gasteiger partial charge is 0.456 e. The highest BCUT2D eigenvalue weighted by Crippen LogP contribution is 2.40. The first-order valence-corrected chi connectivity index (χ1v) is 12.4. The van der Waals surface area contributed by atoms with Crippen LogP contribution in [-0.4, -0.2) is 13.1 Å². The molecule has 178 valence electrons. The van der Waals surface area contributed by atoms with Crippen LogP contribution < -0.4 is 16.8 Å². The average Bonchev–Trinajstić information content (AvgIpc) is 2.84. The summed E-state index contributed by atoms with van der Waals surface area (Å²) in [5, 5.41) is 1.85. The average molecular weight is 460 g/mol. The van der Waals surface area contributed by atoms with Crippen LogP contribution in [0.2, 0.25) is 0 Å². The highest BCUT2D eigenvalue weighted by molar-refractivity contribution is 6.02. The Bertz CT molecular complexity index is 1250. The van der Waals surface area contributed by atoms with Crippen molar-refractivity contribution >= 4 is 16.7 Å². The van der Waals surface area contributed by atoms with Gasteiger partial charge in [-0.2, -0.15) is 0 Å². The number of benzene rings is 3. The summed E-state index contributed by atoms with van der Waals surface area (Å²) < 4.78 is 19.8. The Balaban J connectivity index is 1.51. The molecule has 0 unspecified atom stereocenters. The van der Waals surface area contributed by atoms with Crippen molar-refractivity contribution in [1.29, 1.82) is 0 Å². The van der Waals surface area contributed by atoms with Crippen LogP contribution in [0.1, 0.15) is 51.4 Å². The zero-order valence-electron chi connectivity index (χ0n) is 19.7. The van der Waals surface area contributed by atoms with Gasteiger partial charge in [0, 0.05) is 40.9 Å². The topological polar surface area (TPSA) is 77.5 Å². The first-order chi connectivity index (χ1) is 16.7. The molecule has 2 aliphatic rings. The fraction of sp³-hybridized carbons (Fsp3) is 0.345. The monoisotopic (exact) mass is 459 g/mol. The third-order valence-electron chi connectivity index (χ3n) is 6.27.